The molecule has 0 aromatic heterocycles. The highest BCUT2D eigenvalue weighted by Gasteiger charge is 2.91. The lowest BCUT2D eigenvalue weighted by Crippen LogP contribution is -2.92. The van der Waals surface area contributed by atoms with Crippen molar-refractivity contribution in [3.8, 4) is 0 Å². The van der Waals surface area contributed by atoms with Crippen LogP contribution in [0.4, 0.5) is 0 Å². The van der Waals surface area contributed by atoms with Gasteiger partial charge in [-0.2, -0.15) is 0 Å². The first-order valence-electron chi connectivity index (χ1n) is 11.2. The Morgan fingerprint density at radius 3 is 1.17 bits per heavy atom. The lowest BCUT2D eigenvalue weighted by Gasteiger charge is -2.96. The van der Waals surface area contributed by atoms with E-state index < -0.39 is 0 Å². The summed E-state index contributed by atoms with van der Waals surface area (Å²) in [4.78, 5) is 0. The van der Waals surface area contributed by atoms with Crippen molar-refractivity contribution in [2.24, 2.45) is 112 Å². The number of rotatable bonds is 0. The Labute approximate surface area is 140 Å². The van der Waals surface area contributed by atoms with Crippen LogP contribution in [-0.2, 0) is 0 Å². The van der Waals surface area contributed by atoms with Gasteiger partial charge < -0.3 is 0 Å². The van der Waals surface area contributed by atoms with Crippen LogP contribution < -0.4 is 0 Å². The SMILES string of the molecule is CC1CC2C1C1C2C2C1C1C2C2C3C4C5C(C)C(C)C5C4C3C12. The van der Waals surface area contributed by atoms with Crippen LogP contribution in [0.15, 0.2) is 0 Å². The van der Waals surface area contributed by atoms with Gasteiger partial charge in [-0.1, -0.05) is 20.8 Å². The molecule has 9 saturated carbocycles. The minimum absolute atomic E-state index is 1.09. The average Bonchev–Trinajstić information content (AvgIpc) is 2.48. The molecular formula is C23H30. The molecule has 0 aromatic rings. The van der Waals surface area contributed by atoms with E-state index in [1.54, 1.807) is 6.42 Å². The highest BCUT2D eigenvalue weighted by Crippen LogP contribution is 2.95. The summed E-state index contributed by atoms with van der Waals surface area (Å²) in [6.07, 6.45) is 1.62. The van der Waals surface area contributed by atoms with Gasteiger partial charge >= 0.3 is 0 Å². The van der Waals surface area contributed by atoms with Crippen molar-refractivity contribution in [2.45, 2.75) is 27.2 Å². The van der Waals surface area contributed by atoms with E-state index >= 15 is 0 Å². The molecule has 19 atom stereocenters. The molecule has 0 radical (unpaired) electrons. The molecule has 19 unspecified atom stereocenters. The number of fused-ring (bicyclic) bond motifs is 22. The molecule has 0 saturated heterocycles. The first-order chi connectivity index (χ1) is 11.2. The summed E-state index contributed by atoms with van der Waals surface area (Å²) in [5, 5.41) is 0. The monoisotopic (exact) mass is 306 g/mol. The summed E-state index contributed by atoms with van der Waals surface area (Å²) >= 11 is 0. The van der Waals surface area contributed by atoms with E-state index in [0.29, 0.717) is 0 Å². The molecule has 0 N–H and O–H groups in total. The fourth-order valence-corrected chi connectivity index (χ4v) is 12.8. The van der Waals surface area contributed by atoms with Crippen LogP contribution in [0.5, 0.6) is 0 Å². The summed E-state index contributed by atoms with van der Waals surface area (Å²) in [7, 11) is 0. The molecule has 0 nitrogen and oxygen atoms in total. The van der Waals surface area contributed by atoms with E-state index in [2.05, 4.69) is 20.8 Å². The molecule has 0 aliphatic heterocycles. The molecule has 9 fully saturated rings. The molecular weight excluding hydrogens is 276 g/mol. The second-order valence-electron chi connectivity index (χ2n) is 12.3. The molecule has 9 aliphatic rings. The highest BCUT2D eigenvalue weighted by molar-refractivity contribution is 5.38. The van der Waals surface area contributed by atoms with Gasteiger partial charge in [0.2, 0.25) is 0 Å². The number of hydrogen-bond acceptors (Lipinski definition) is 0. The quantitative estimate of drug-likeness (QED) is 0.586. The standard InChI is InChI=1S/C23H30/c1-5-4-8-9(5)13-12(8)16-17(13)21-20(16)22-18-14-10-6(2)7(3)11(10)15(14)19(18)23(21)22/h5-23H,4H2,1-3H3. The van der Waals surface area contributed by atoms with Gasteiger partial charge in [-0.3, -0.25) is 0 Å². The summed E-state index contributed by atoms with van der Waals surface area (Å²) < 4.78 is 0. The van der Waals surface area contributed by atoms with Crippen molar-refractivity contribution in [3.63, 3.8) is 0 Å². The minimum atomic E-state index is 1.09. The smallest absolute Gasteiger partial charge is 0.0312 e. The predicted octanol–water partition coefficient (Wildman–Crippen LogP) is 4.27. The predicted molar refractivity (Wildman–Crippen MR) is 87.9 cm³/mol. The van der Waals surface area contributed by atoms with Crippen LogP contribution in [0, 0.1) is 112 Å². The van der Waals surface area contributed by atoms with E-state index in [9.17, 15) is 0 Å². The van der Waals surface area contributed by atoms with Crippen LogP contribution in [0.25, 0.3) is 0 Å². The zero-order valence-electron chi connectivity index (χ0n) is 14.7. The molecule has 0 aromatic carbocycles. The fourth-order valence-electron chi connectivity index (χ4n) is 12.8. The molecule has 9 aliphatic carbocycles. The number of hydrogen-bond donors (Lipinski definition) is 0. The van der Waals surface area contributed by atoms with E-state index in [-0.39, 0.29) is 0 Å². The lowest BCUT2D eigenvalue weighted by molar-refractivity contribution is -0.493. The van der Waals surface area contributed by atoms with Gasteiger partial charge in [0.05, 0.1) is 0 Å². The zero-order chi connectivity index (χ0) is 14.7. The van der Waals surface area contributed by atoms with Crippen LogP contribution >= 0.6 is 0 Å². The average molecular weight is 306 g/mol. The van der Waals surface area contributed by atoms with Gasteiger partial charge in [0.25, 0.3) is 0 Å². The Hall–Kier alpha value is 0. The second kappa shape index (κ2) is 2.88. The van der Waals surface area contributed by atoms with Gasteiger partial charge in [-0.05, 0) is 119 Å². The summed E-state index contributed by atoms with van der Waals surface area (Å²) in [6, 6.07) is 0. The maximum Gasteiger partial charge on any atom is -0.0312 e. The summed E-state index contributed by atoms with van der Waals surface area (Å²) in [5.74, 6) is 23.5. The topological polar surface area (TPSA) is 0 Å². The van der Waals surface area contributed by atoms with Crippen molar-refractivity contribution in [1.29, 1.82) is 0 Å². The van der Waals surface area contributed by atoms with E-state index in [4.69, 9.17) is 0 Å². The molecule has 0 heterocycles. The van der Waals surface area contributed by atoms with Crippen molar-refractivity contribution < 1.29 is 0 Å². The fraction of sp³-hybridized carbons (Fsp3) is 1.00. The third-order valence-electron chi connectivity index (χ3n) is 13.2. The van der Waals surface area contributed by atoms with Crippen LogP contribution in [0.1, 0.15) is 27.2 Å². The largest absolute Gasteiger partial charge is 0.0622 e. The molecule has 0 spiro atoms. The molecule has 23 heavy (non-hydrogen) atoms. The lowest BCUT2D eigenvalue weighted by atomic mass is 9.08. The maximum absolute atomic E-state index is 2.58. The Bertz CT molecular complexity index is 674. The third-order valence-corrected chi connectivity index (χ3v) is 13.2. The normalized spacial score (nSPS) is 90.7. The van der Waals surface area contributed by atoms with Gasteiger partial charge in [-0.25, -0.2) is 0 Å². The van der Waals surface area contributed by atoms with Gasteiger partial charge in [-0.15, -0.1) is 0 Å². The summed E-state index contributed by atoms with van der Waals surface area (Å²) in [5.41, 5.74) is 0. The van der Waals surface area contributed by atoms with Crippen molar-refractivity contribution in [3.05, 3.63) is 0 Å². The first-order valence-corrected chi connectivity index (χ1v) is 11.2. The third kappa shape index (κ3) is 0.754. The molecule has 122 valence electrons. The van der Waals surface area contributed by atoms with E-state index in [1.165, 1.54) is 94.7 Å². The maximum atomic E-state index is 2.58. The minimum Gasteiger partial charge on any atom is -0.0622 e. The van der Waals surface area contributed by atoms with Gasteiger partial charge in [0.1, 0.15) is 0 Å². The van der Waals surface area contributed by atoms with E-state index in [1.807, 2.05) is 0 Å². The Morgan fingerprint density at radius 2 is 0.739 bits per heavy atom. The summed E-state index contributed by atoms with van der Waals surface area (Å²) in [6.45, 7) is 7.72. The Kier molecular flexibility index (Phi) is 1.45. The second-order valence-corrected chi connectivity index (χ2v) is 12.3. The van der Waals surface area contributed by atoms with E-state index in [0.717, 1.165) is 17.8 Å². The Balaban J connectivity index is 1.03. The van der Waals surface area contributed by atoms with Crippen LogP contribution in [0.3, 0.4) is 0 Å². The van der Waals surface area contributed by atoms with Crippen LogP contribution in [-0.4, -0.2) is 0 Å². The Morgan fingerprint density at radius 1 is 0.391 bits per heavy atom. The first kappa shape index (κ1) is 11.6. The molecule has 0 amide bonds. The van der Waals surface area contributed by atoms with Crippen molar-refractivity contribution in [2.75, 3.05) is 0 Å². The highest BCUT2D eigenvalue weighted by atomic mass is 15.0. The zero-order valence-corrected chi connectivity index (χ0v) is 14.7. The van der Waals surface area contributed by atoms with Crippen LogP contribution in [0.2, 0.25) is 0 Å². The molecule has 0 bridgehead atoms. The van der Waals surface area contributed by atoms with Crippen molar-refractivity contribution in [1.82, 2.24) is 0 Å². The van der Waals surface area contributed by atoms with Crippen molar-refractivity contribution >= 4 is 0 Å². The van der Waals surface area contributed by atoms with Gasteiger partial charge in [0.15, 0.2) is 0 Å². The molecule has 9 rings (SSSR count). The van der Waals surface area contributed by atoms with Gasteiger partial charge in [0, 0.05) is 0 Å². The molecule has 0 heteroatoms.